The van der Waals surface area contributed by atoms with Crippen molar-refractivity contribution < 1.29 is 13.2 Å². The monoisotopic (exact) mass is 416 g/mol. The molecule has 0 aliphatic carbocycles. The van der Waals surface area contributed by atoms with Crippen molar-refractivity contribution in [2.75, 3.05) is 16.2 Å². The lowest BCUT2D eigenvalue weighted by atomic mass is 10.1. The summed E-state index contributed by atoms with van der Waals surface area (Å²) in [6.45, 7) is -0.339. The Hall–Kier alpha value is -3.64. The number of para-hydroxylation sites is 1. The van der Waals surface area contributed by atoms with Gasteiger partial charge in [-0.15, -0.1) is 0 Å². The summed E-state index contributed by atoms with van der Waals surface area (Å²) in [4.78, 5) is 12.9. The molecular weight excluding hydrogens is 396 g/mol. The molecule has 30 heavy (non-hydrogen) atoms. The second-order valence-corrected chi connectivity index (χ2v) is 8.63. The van der Waals surface area contributed by atoms with Gasteiger partial charge in [-0.25, -0.2) is 8.42 Å². The number of fused-ring (bicyclic) bond motifs is 1. The minimum absolute atomic E-state index is 0.132. The number of rotatable bonds is 6. The number of amides is 1. The Kier molecular flexibility index (Phi) is 5.50. The van der Waals surface area contributed by atoms with Crippen LogP contribution in [-0.4, -0.2) is 20.9 Å². The summed E-state index contributed by atoms with van der Waals surface area (Å²) in [7, 11) is -3.90. The molecule has 1 amide bonds. The number of sulfonamides is 1. The summed E-state index contributed by atoms with van der Waals surface area (Å²) in [5.74, 6) is -0.423. The Bertz CT molecular complexity index is 1270. The number of nitrogens with zero attached hydrogens (tertiary/aromatic N) is 1. The van der Waals surface area contributed by atoms with Crippen molar-refractivity contribution >= 4 is 38.1 Å². The lowest BCUT2D eigenvalue weighted by molar-refractivity contribution is -0.114. The van der Waals surface area contributed by atoms with E-state index < -0.39 is 15.9 Å². The molecule has 0 fully saturated rings. The molecule has 0 unspecified atom stereocenters. The highest BCUT2D eigenvalue weighted by Gasteiger charge is 2.27. The molecule has 4 aromatic carbocycles. The molecular formula is C24H20N2O3S. The molecule has 0 radical (unpaired) electrons. The molecule has 6 heteroatoms. The number of carbonyl (C=O) groups is 1. The van der Waals surface area contributed by atoms with Gasteiger partial charge >= 0.3 is 0 Å². The van der Waals surface area contributed by atoms with Crippen molar-refractivity contribution in [3.63, 3.8) is 0 Å². The summed E-state index contributed by atoms with van der Waals surface area (Å²) >= 11 is 0. The van der Waals surface area contributed by atoms with Crippen molar-refractivity contribution in [2.45, 2.75) is 4.90 Å². The maximum atomic E-state index is 13.2. The highest BCUT2D eigenvalue weighted by Crippen LogP contribution is 2.24. The van der Waals surface area contributed by atoms with Crippen LogP contribution in [0.1, 0.15) is 0 Å². The lowest BCUT2D eigenvalue weighted by Crippen LogP contribution is -2.38. The Balaban J connectivity index is 1.62. The fourth-order valence-electron chi connectivity index (χ4n) is 3.23. The van der Waals surface area contributed by atoms with Gasteiger partial charge in [-0.05, 0) is 47.2 Å². The van der Waals surface area contributed by atoms with E-state index in [1.54, 1.807) is 54.6 Å². The van der Waals surface area contributed by atoms with Crippen LogP contribution in [0.4, 0.5) is 11.4 Å². The maximum absolute atomic E-state index is 13.2. The minimum Gasteiger partial charge on any atom is -0.324 e. The van der Waals surface area contributed by atoms with Crippen LogP contribution in [0.5, 0.6) is 0 Å². The first-order valence-electron chi connectivity index (χ1n) is 9.45. The number of anilines is 2. The van der Waals surface area contributed by atoms with Gasteiger partial charge in [0, 0.05) is 5.69 Å². The molecule has 0 aliphatic heterocycles. The van der Waals surface area contributed by atoms with Crippen LogP contribution in [0.15, 0.2) is 108 Å². The molecule has 0 atom stereocenters. The molecule has 0 spiro atoms. The Labute approximate surface area is 175 Å². The van der Waals surface area contributed by atoms with E-state index >= 15 is 0 Å². The fraction of sp³-hybridized carbons (Fsp3) is 0.0417. The number of hydrogen-bond donors (Lipinski definition) is 1. The van der Waals surface area contributed by atoms with Crippen LogP contribution in [0.2, 0.25) is 0 Å². The molecule has 0 aliphatic rings. The van der Waals surface area contributed by atoms with Gasteiger partial charge in [0.05, 0.1) is 10.6 Å². The third-order valence-electron chi connectivity index (χ3n) is 4.70. The van der Waals surface area contributed by atoms with Gasteiger partial charge < -0.3 is 5.32 Å². The van der Waals surface area contributed by atoms with E-state index in [0.717, 1.165) is 15.1 Å². The topological polar surface area (TPSA) is 66.5 Å². The summed E-state index contributed by atoms with van der Waals surface area (Å²) in [5.41, 5.74) is 1.04. The summed E-state index contributed by atoms with van der Waals surface area (Å²) < 4.78 is 27.6. The zero-order valence-electron chi connectivity index (χ0n) is 16.1. The van der Waals surface area contributed by atoms with Crippen molar-refractivity contribution in [2.24, 2.45) is 0 Å². The second-order valence-electron chi connectivity index (χ2n) is 6.77. The van der Waals surface area contributed by atoms with Crippen LogP contribution in [-0.2, 0) is 14.8 Å². The zero-order chi connectivity index (χ0) is 21.0. The van der Waals surface area contributed by atoms with E-state index in [1.165, 1.54) is 12.1 Å². The Morgan fingerprint density at radius 3 is 2.03 bits per heavy atom. The van der Waals surface area contributed by atoms with E-state index in [1.807, 2.05) is 36.4 Å². The molecule has 0 saturated heterocycles. The van der Waals surface area contributed by atoms with Gasteiger partial charge in [0.15, 0.2) is 0 Å². The van der Waals surface area contributed by atoms with Gasteiger partial charge in [0.25, 0.3) is 10.0 Å². The smallest absolute Gasteiger partial charge is 0.264 e. The average molecular weight is 417 g/mol. The lowest BCUT2D eigenvalue weighted by Gasteiger charge is -2.24. The second kappa shape index (κ2) is 8.39. The highest BCUT2D eigenvalue weighted by molar-refractivity contribution is 7.92. The van der Waals surface area contributed by atoms with E-state index in [-0.39, 0.29) is 11.4 Å². The Morgan fingerprint density at radius 2 is 1.33 bits per heavy atom. The molecule has 0 saturated carbocycles. The third kappa shape index (κ3) is 4.18. The first kappa shape index (κ1) is 19.7. The summed E-state index contributed by atoms with van der Waals surface area (Å²) in [6.07, 6.45) is 0. The number of carbonyl (C=O) groups excluding carboxylic acids is 1. The van der Waals surface area contributed by atoms with Crippen molar-refractivity contribution in [3.05, 3.63) is 103 Å². The van der Waals surface area contributed by atoms with E-state index in [0.29, 0.717) is 11.4 Å². The van der Waals surface area contributed by atoms with Crippen LogP contribution in [0.3, 0.4) is 0 Å². The quantitative estimate of drug-likeness (QED) is 0.497. The van der Waals surface area contributed by atoms with Crippen molar-refractivity contribution in [1.29, 1.82) is 0 Å². The maximum Gasteiger partial charge on any atom is 0.264 e. The number of nitrogens with one attached hydrogen (secondary N) is 1. The standard InChI is InChI=1S/C24H20N2O3S/c27-24(25-21-16-15-19-9-7-8-10-20(19)17-21)18-26(22-11-3-1-4-12-22)30(28,29)23-13-5-2-6-14-23/h1-17H,18H2,(H,25,27). The minimum atomic E-state index is -3.90. The van der Waals surface area contributed by atoms with Gasteiger partial charge in [-0.2, -0.15) is 0 Å². The first-order valence-corrected chi connectivity index (χ1v) is 10.9. The van der Waals surface area contributed by atoms with Crippen molar-refractivity contribution in [1.82, 2.24) is 0 Å². The summed E-state index contributed by atoms with van der Waals surface area (Å²) in [6, 6.07) is 30.1. The number of hydrogen-bond acceptors (Lipinski definition) is 3. The van der Waals surface area contributed by atoms with Crippen LogP contribution in [0.25, 0.3) is 10.8 Å². The molecule has 4 aromatic rings. The molecule has 150 valence electrons. The molecule has 0 heterocycles. The zero-order valence-corrected chi connectivity index (χ0v) is 16.9. The normalized spacial score (nSPS) is 11.2. The van der Waals surface area contributed by atoms with Crippen LogP contribution in [0, 0.1) is 0 Å². The van der Waals surface area contributed by atoms with Crippen LogP contribution < -0.4 is 9.62 Å². The fourth-order valence-corrected chi connectivity index (χ4v) is 4.67. The van der Waals surface area contributed by atoms with Gasteiger partial charge in [0.2, 0.25) is 5.91 Å². The predicted molar refractivity (Wildman–Crippen MR) is 120 cm³/mol. The van der Waals surface area contributed by atoms with E-state index in [9.17, 15) is 13.2 Å². The summed E-state index contributed by atoms with van der Waals surface area (Å²) in [5, 5.41) is 4.87. The number of benzene rings is 4. The van der Waals surface area contributed by atoms with Gasteiger partial charge in [-0.3, -0.25) is 9.10 Å². The average Bonchev–Trinajstić information content (AvgIpc) is 2.78. The molecule has 1 N–H and O–H groups in total. The van der Waals surface area contributed by atoms with E-state index in [2.05, 4.69) is 5.32 Å². The van der Waals surface area contributed by atoms with Crippen molar-refractivity contribution in [3.8, 4) is 0 Å². The SMILES string of the molecule is O=C(CN(c1ccccc1)S(=O)(=O)c1ccccc1)Nc1ccc2ccccc2c1. The molecule has 0 bridgehead atoms. The Morgan fingerprint density at radius 1 is 0.733 bits per heavy atom. The molecule has 0 aromatic heterocycles. The predicted octanol–water partition coefficient (Wildman–Crippen LogP) is 4.67. The molecule has 4 rings (SSSR count). The molecule has 5 nitrogen and oxygen atoms in total. The largest absolute Gasteiger partial charge is 0.324 e. The first-order chi connectivity index (χ1) is 14.5. The van der Waals surface area contributed by atoms with E-state index in [4.69, 9.17) is 0 Å². The van der Waals surface area contributed by atoms with Gasteiger partial charge in [0.1, 0.15) is 6.54 Å². The third-order valence-corrected chi connectivity index (χ3v) is 6.48. The highest BCUT2D eigenvalue weighted by atomic mass is 32.2. The van der Waals surface area contributed by atoms with Gasteiger partial charge in [-0.1, -0.05) is 66.7 Å². The van der Waals surface area contributed by atoms with Crippen LogP contribution >= 0.6 is 0 Å².